The van der Waals surface area contributed by atoms with Crippen LogP contribution in [0.2, 0.25) is 10.0 Å². The average molecular weight is 316 g/mol. The van der Waals surface area contributed by atoms with Gasteiger partial charge < -0.3 is 10.1 Å². The Morgan fingerprint density at radius 1 is 1.15 bits per heavy atom. The van der Waals surface area contributed by atoms with Gasteiger partial charge in [0, 0.05) is 23.2 Å². The van der Waals surface area contributed by atoms with Gasteiger partial charge in [0.2, 0.25) is 0 Å². The van der Waals surface area contributed by atoms with Crippen molar-refractivity contribution in [3.8, 4) is 0 Å². The molecule has 1 saturated carbocycles. The third-order valence-electron chi connectivity index (χ3n) is 3.73. The Bertz CT molecular complexity index is 405. The van der Waals surface area contributed by atoms with E-state index in [-0.39, 0.29) is 0 Å². The van der Waals surface area contributed by atoms with Gasteiger partial charge in [-0.25, -0.2) is 0 Å². The van der Waals surface area contributed by atoms with E-state index in [1.165, 1.54) is 32.1 Å². The Kier molecular flexibility index (Phi) is 7.15. The van der Waals surface area contributed by atoms with E-state index in [0.717, 1.165) is 41.7 Å². The minimum atomic E-state index is 0.506. The molecule has 2 rings (SSSR count). The molecule has 0 spiro atoms. The lowest BCUT2D eigenvalue weighted by atomic mass is 9.98. The number of benzene rings is 1. The highest BCUT2D eigenvalue weighted by Gasteiger charge is 2.12. The van der Waals surface area contributed by atoms with Crippen molar-refractivity contribution in [2.45, 2.75) is 51.2 Å². The van der Waals surface area contributed by atoms with Crippen molar-refractivity contribution < 1.29 is 4.74 Å². The van der Waals surface area contributed by atoms with Gasteiger partial charge in [-0.15, -0.1) is 0 Å². The van der Waals surface area contributed by atoms with Crippen molar-refractivity contribution in [3.63, 3.8) is 0 Å². The van der Waals surface area contributed by atoms with Crippen LogP contribution >= 0.6 is 23.2 Å². The summed E-state index contributed by atoms with van der Waals surface area (Å²) in [5.74, 6) is 0. The maximum absolute atomic E-state index is 6.11. The highest BCUT2D eigenvalue weighted by atomic mass is 35.5. The molecule has 1 N–H and O–H groups in total. The normalized spacial score (nSPS) is 16.5. The van der Waals surface area contributed by atoms with Gasteiger partial charge >= 0.3 is 0 Å². The molecule has 1 aliphatic carbocycles. The van der Waals surface area contributed by atoms with E-state index in [2.05, 4.69) is 5.32 Å². The first-order chi connectivity index (χ1) is 9.75. The van der Waals surface area contributed by atoms with Crippen LogP contribution in [0.4, 0.5) is 0 Å². The van der Waals surface area contributed by atoms with Crippen molar-refractivity contribution in [3.05, 3.63) is 33.8 Å². The van der Waals surface area contributed by atoms with Crippen LogP contribution in [0.15, 0.2) is 18.2 Å². The molecule has 4 heteroatoms. The Labute approximate surface area is 131 Å². The first kappa shape index (κ1) is 16.1. The summed E-state index contributed by atoms with van der Waals surface area (Å²) >= 11 is 12.1. The monoisotopic (exact) mass is 315 g/mol. The maximum Gasteiger partial charge on any atom is 0.0575 e. The largest absolute Gasteiger partial charge is 0.378 e. The van der Waals surface area contributed by atoms with Gasteiger partial charge in [-0.2, -0.15) is 0 Å². The molecule has 0 unspecified atom stereocenters. The van der Waals surface area contributed by atoms with Crippen LogP contribution in [0, 0.1) is 0 Å². The fraction of sp³-hybridized carbons (Fsp3) is 0.625. The summed E-state index contributed by atoms with van der Waals surface area (Å²) in [4.78, 5) is 0. The lowest BCUT2D eigenvalue weighted by molar-refractivity contribution is 0.0273. The Balaban J connectivity index is 1.56. The fourth-order valence-corrected chi connectivity index (χ4v) is 2.96. The Morgan fingerprint density at radius 3 is 2.75 bits per heavy atom. The Hall–Kier alpha value is -0.280. The molecule has 0 aliphatic heterocycles. The molecule has 0 radical (unpaired) electrons. The molecular formula is C16H23Cl2NO. The van der Waals surface area contributed by atoms with Crippen LogP contribution < -0.4 is 5.32 Å². The smallest absolute Gasteiger partial charge is 0.0575 e. The van der Waals surface area contributed by atoms with Gasteiger partial charge in [-0.1, -0.05) is 42.5 Å². The molecule has 0 saturated heterocycles. The predicted molar refractivity (Wildman–Crippen MR) is 85.6 cm³/mol. The van der Waals surface area contributed by atoms with E-state index < -0.39 is 0 Å². The molecule has 1 aliphatic rings. The molecule has 0 atom stereocenters. The minimum Gasteiger partial charge on any atom is -0.378 e. The van der Waals surface area contributed by atoms with E-state index in [1.807, 2.05) is 18.2 Å². The number of ether oxygens (including phenoxy) is 1. The molecule has 20 heavy (non-hydrogen) atoms. The van der Waals surface area contributed by atoms with E-state index in [4.69, 9.17) is 27.9 Å². The molecule has 1 fully saturated rings. The van der Waals surface area contributed by atoms with Gasteiger partial charge in [0.05, 0.1) is 6.10 Å². The number of halogens is 2. The van der Waals surface area contributed by atoms with Crippen LogP contribution in [0.3, 0.4) is 0 Å². The van der Waals surface area contributed by atoms with Crippen molar-refractivity contribution >= 4 is 23.2 Å². The standard InChI is InChI=1S/C16H23Cl2NO/c17-14-7-8-16(18)13(11-14)12-19-9-4-10-20-15-5-2-1-3-6-15/h7-8,11,15,19H,1-6,9-10,12H2. The number of hydrogen-bond acceptors (Lipinski definition) is 2. The zero-order valence-corrected chi connectivity index (χ0v) is 13.3. The topological polar surface area (TPSA) is 21.3 Å². The second-order valence-electron chi connectivity index (χ2n) is 5.40. The van der Waals surface area contributed by atoms with Gasteiger partial charge in [0.1, 0.15) is 0 Å². The molecular weight excluding hydrogens is 293 g/mol. The molecule has 0 aromatic heterocycles. The van der Waals surface area contributed by atoms with Crippen LogP contribution in [0.25, 0.3) is 0 Å². The van der Waals surface area contributed by atoms with Crippen LogP contribution in [-0.4, -0.2) is 19.3 Å². The third-order valence-corrected chi connectivity index (χ3v) is 4.33. The lowest BCUT2D eigenvalue weighted by Crippen LogP contribution is -2.20. The molecule has 1 aromatic carbocycles. The third kappa shape index (κ3) is 5.61. The predicted octanol–water partition coefficient (Wildman–Crippen LogP) is 4.82. The molecule has 0 heterocycles. The average Bonchev–Trinajstić information content (AvgIpc) is 2.47. The van der Waals surface area contributed by atoms with Crippen LogP contribution in [0.5, 0.6) is 0 Å². The summed E-state index contributed by atoms with van der Waals surface area (Å²) in [5.41, 5.74) is 1.05. The van der Waals surface area contributed by atoms with Gasteiger partial charge in [0.15, 0.2) is 0 Å². The first-order valence-corrected chi connectivity index (χ1v) is 8.27. The first-order valence-electron chi connectivity index (χ1n) is 7.52. The summed E-state index contributed by atoms with van der Waals surface area (Å²) in [6.07, 6.45) is 8.06. The highest BCUT2D eigenvalue weighted by Crippen LogP contribution is 2.21. The molecule has 0 amide bonds. The number of nitrogens with one attached hydrogen (secondary N) is 1. The van der Waals surface area contributed by atoms with E-state index in [0.29, 0.717) is 6.10 Å². The quantitative estimate of drug-likeness (QED) is 0.728. The second-order valence-corrected chi connectivity index (χ2v) is 6.24. The number of rotatable bonds is 7. The number of hydrogen-bond donors (Lipinski definition) is 1. The summed E-state index contributed by atoms with van der Waals surface area (Å²) < 4.78 is 5.89. The SMILES string of the molecule is Clc1ccc(Cl)c(CNCCCOC2CCCCC2)c1. The van der Waals surface area contributed by atoms with E-state index in [1.54, 1.807) is 0 Å². The molecule has 2 nitrogen and oxygen atoms in total. The minimum absolute atomic E-state index is 0.506. The van der Waals surface area contributed by atoms with E-state index >= 15 is 0 Å². The molecule has 0 bridgehead atoms. The van der Waals surface area contributed by atoms with Gasteiger partial charge in [-0.3, -0.25) is 0 Å². The second kappa shape index (κ2) is 8.89. The zero-order chi connectivity index (χ0) is 14.2. The van der Waals surface area contributed by atoms with Crippen molar-refractivity contribution in [1.82, 2.24) is 5.32 Å². The maximum atomic E-state index is 6.11. The van der Waals surface area contributed by atoms with Crippen molar-refractivity contribution in [2.24, 2.45) is 0 Å². The van der Waals surface area contributed by atoms with Crippen molar-refractivity contribution in [1.29, 1.82) is 0 Å². The summed E-state index contributed by atoms with van der Waals surface area (Å²) in [6, 6.07) is 5.56. The highest BCUT2D eigenvalue weighted by molar-refractivity contribution is 6.33. The molecule has 112 valence electrons. The van der Waals surface area contributed by atoms with Gasteiger partial charge in [-0.05, 0) is 49.6 Å². The zero-order valence-electron chi connectivity index (χ0n) is 11.8. The van der Waals surface area contributed by atoms with Crippen LogP contribution in [-0.2, 0) is 11.3 Å². The van der Waals surface area contributed by atoms with Crippen molar-refractivity contribution in [2.75, 3.05) is 13.2 Å². The van der Waals surface area contributed by atoms with E-state index in [9.17, 15) is 0 Å². The summed E-state index contributed by atoms with van der Waals surface area (Å²) in [6.45, 7) is 2.54. The van der Waals surface area contributed by atoms with Crippen LogP contribution in [0.1, 0.15) is 44.1 Å². The summed E-state index contributed by atoms with van der Waals surface area (Å²) in [7, 11) is 0. The fourth-order valence-electron chi connectivity index (χ4n) is 2.58. The Morgan fingerprint density at radius 2 is 1.95 bits per heavy atom. The summed E-state index contributed by atoms with van der Waals surface area (Å²) in [5, 5.41) is 4.88. The molecule has 1 aromatic rings. The lowest BCUT2D eigenvalue weighted by Gasteiger charge is -2.21. The van der Waals surface area contributed by atoms with Gasteiger partial charge in [0.25, 0.3) is 0 Å².